The average molecular weight is 558 g/mol. The van der Waals surface area contributed by atoms with Crippen LogP contribution in [0.4, 0.5) is 15.3 Å². The minimum absolute atomic E-state index is 0.0145. The van der Waals surface area contributed by atoms with Gasteiger partial charge in [-0.25, -0.2) is 9.59 Å². The summed E-state index contributed by atoms with van der Waals surface area (Å²) in [5, 5.41) is 0. The molecule has 40 heavy (non-hydrogen) atoms. The smallest absolute Gasteiger partial charge is 0.410 e. The summed E-state index contributed by atoms with van der Waals surface area (Å²) >= 11 is 0. The summed E-state index contributed by atoms with van der Waals surface area (Å²) in [6.45, 7) is 10.7. The van der Waals surface area contributed by atoms with E-state index in [9.17, 15) is 19.2 Å². The number of urea groups is 1. The number of nitrogens with two attached hydrogens (primary N) is 1. The Morgan fingerprint density at radius 2 is 1.65 bits per heavy atom. The number of hydrogen-bond donors (Lipinski definition) is 1. The van der Waals surface area contributed by atoms with Crippen LogP contribution in [0.2, 0.25) is 0 Å². The summed E-state index contributed by atoms with van der Waals surface area (Å²) in [7, 11) is 3.52. The van der Waals surface area contributed by atoms with Crippen molar-refractivity contribution in [2.75, 3.05) is 51.7 Å². The molecule has 0 saturated carbocycles. The number of piperidine rings is 1. The molecule has 0 spiro atoms. The van der Waals surface area contributed by atoms with Crippen LogP contribution >= 0.6 is 0 Å². The number of likely N-dealkylation sites (tertiary alicyclic amines) is 1. The lowest BCUT2D eigenvalue weighted by Crippen LogP contribution is -2.54. The number of benzene rings is 1. The van der Waals surface area contributed by atoms with Gasteiger partial charge in [0.1, 0.15) is 5.60 Å². The second kappa shape index (κ2) is 13.4. The highest BCUT2D eigenvalue weighted by Gasteiger charge is 2.41. The molecule has 2 aliphatic rings. The van der Waals surface area contributed by atoms with Crippen molar-refractivity contribution in [3.05, 3.63) is 29.8 Å². The first-order valence-electron chi connectivity index (χ1n) is 14.4. The predicted octanol–water partition coefficient (Wildman–Crippen LogP) is 3.52. The molecule has 4 amide bonds. The van der Waals surface area contributed by atoms with Gasteiger partial charge in [-0.2, -0.15) is 0 Å². The van der Waals surface area contributed by atoms with E-state index in [1.165, 1.54) is 0 Å². The Labute approximate surface area is 238 Å². The number of amides is 4. The Kier molecular flexibility index (Phi) is 10.4. The molecule has 2 fully saturated rings. The monoisotopic (exact) mass is 557 g/mol. The summed E-state index contributed by atoms with van der Waals surface area (Å²) in [5.41, 5.74) is 7.08. The Hall–Kier alpha value is -3.30. The van der Waals surface area contributed by atoms with Crippen LogP contribution in [0.1, 0.15) is 58.9 Å². The molecule has 2 N–H and O–H groups in total. The van der Waals surface area contributed by atoms with Crippen LogP contribution in [-0.4, -0.2) is 97.0 Å². The Morgan fingerprint density at radius 3 is 2.17 bits per heavy atom. The van der Waals surface area contributed by atoms with Crippen molar-refractivity contribution < 1.29 is 23.9 Å². The molecule has 222 valence electrons. The van der Waals surface area contributed by atoms with Crippen LogP contribution in [0.25, 0.3) is 0 Å². The lowest BCUT2D eigenvalue weighted by Gasteiger charge is -2.41. The van der Waals surface area contributed by atoms with Crippen LogP contribution in [0, 0.1) is 11.8 Å². The van der Waals surface area contributed by atoms with E-state index in [0.717, 1.165) is 43.6 Å². The van der Waals surface area contributed by atoms with Gasteiger partial charge >= 0.3 is 12.1 Å². The molecular weight excluding hydrogens is 510 g/mol. The molecule has 0 bridgehead atoms. The fourth-order valence-electron chi connectivity index (χ4n) is 5.67. The Balaban J connectivity index is 1.65. The van der Waals surface area contributed by atoms with Crippen molar-refractivity contribution in [2.45, 2.75) is 71.4 Å². The van der Waals surface area contributed by atoms with Crippen LogP contribution < -0.4 is 10.6 Å². The number of nitrogens with zero attached hydrogens (tertiary/aromatic N) is 4. The minimum atomic E-state index is -0.668. The second-order valence-electron chi connectivity index (χ2n) is 12.2. The molecule has 0 aromatic heterocycles. The number of anilines is 1. The maximum Gasteiger partial charge on any atom is 0.410 e. The molecule has 10 heteroatoms. The van der Waals surface area contributed by atoms with Gasteiger partial charge in [0.2, 0.25) is 5.91 Å². The van der Waals surface area contributed by atoms with Crippen LogP contribution in [0.3, 0.4) is 0 Å². The molecule has 10 nitrogen and oxygen atoms in total. The van der Waals surface area contributed by atoms with Gasteiger partial charge in [0.25, 0.3) is 0 Å². The molecule has 0 radical (unpaired) electrons. The van der Waals surface area contributed by atoms with Crippen molar-refractivity contribution >= 4 is 29.5 Å². The van der Waals surface area contributed by atoms with Crippen LogP contribution in [-0.2, 0) is 20.7 Å². The summed E-state index contributed by atoms with van der Waals surface area (Å²) in [4.78, 5) is 58.5. The van der Waals surface area contributed by atoms with Gasteiger partial charge in [0.15, 0.2) is 5.78 Å². The van der Waals surface area contributed by atoms with E-state index in [-0.39, 0.29) is 24.2 Å². The van der Waals surface area contributed by atoms with E-state index >= 15 is 0 Å². The average Bonchev–Trinajstić information content (AvgIpc) is 2.91. The number of carbonyl (C=O) groups excluding carboxylic acids is 4. The van der Waals surface area contributed by atoms with Gasteiger partial charge in [-0.05, 0) is 63.6 Å². The number of ketones is 1. The first-order valence-corrected chi connectivity index (χ1v) is 14.4. The molecule has 2 saturated heterocycles. The zero-order valence-corrected chi connectivity index (χ0v) is 25.0. The first kappa shape index (κ1) is 31.2. The molecule has 0 aliphatic carbocycles. The van der Waals surface area contributed by atoms with Crippen molar-refractivity contribution in [2.24, 2.45) is 17.6 Å². The minimum Gasteiger partial charge on any atom is -0.444 e. The standard InChI is InChI=1S/C30H47N5O5/c1-7-22-9-8-14-35(29(39)40-30(2,3)4)26(22)25(36)20-23(27(31)37)19-21-10-12-24(13-11-21)33-15-17-34(18-16-33)28(38)32(5)6/h10-13,22-23,26H,7-9,14-20H2,1-6H3,(H2,31,37)/t22-,23-,26+/m1/s1. The van der Waals surface area contributed by atoms with E-state index in [1.807, 2.05) is 56.9 Å². The van der Waals surface area contributed by atoms with Crippen molar-refractivity contribution in [1.29, 1.82) is 0 Å². The molecule has 1 aromatic carbocycles. The van der Waals surface area contributed by atoms with Crippen molar-refractivity contribution in [3.63, 3.8) is 0 Å². The third kappa shape index (κ3) is 8.11. The topological polar surface area (TPSA) is 116 Å². The third-order valence-corrected chi connectivity index (χ3v) is 7.80. The third-order valence-electron chi connectivity index (χ3n) is 7.80. The van der Waals surface area contributed by atoms with Gasteiger partial charge in [0.05, 0.1) is 6.04 Å². The Bertz CT molecular complexity index is 1040. The molecule has 2 heterocycles. The van der Waals surface area contributed by atoms with E-state index in [0.29, 0.717) is 26.1 Å². The highest BCUT2D eigenvalue weighted by atomic mass is 16.6. The lowest BCUT2D eigenvalue weighted by atomic mass is 9.81. The molecule has 3 atom stereocenters. The molecule has 0 unspecified atom stereocenters. The quantitative estimate of drug-likeness (QED) is 0.523. The largest absolute Gasteiger partial charge is 0.444 e. The summed E-state index contributed by atoms with van der Waals surface area (Å²) in [6.07, 6.45) is 2.28. The summed E-state index contributed by atoms with van der Waals surface area (Å²) in [6, 6.07) is 7.37. The summed E-state index contributed by atoms with van der Waals surface area (Å²) < 4.78 is 5.61. The maximum atomic E-state index is 13.6. The predicted molar refractivity (Wildman–Crippen MR) is 155 cm³/mol. The van der Waals surface area contributed by atoms with Crippen molar-refractivity contribution in [3.8, 4) is 0 Å². The molecule has 2 aliphatic heterocycles. The van der Waals surface area contributed by atoms with Gasteiger partial charge < -0.3 is 25.2 Å². The number of rotatable bonds is 8. The van der Waals surface area contributed by atoms with Crippen LogP contribution in [0.5, 0.6) is 0 Å². The fraction of sp³-hybridized carbons (Fsp3) is 0.667. The highest BCUT2D eigenvalue weighted by molar-refractivity contribution is 5.91. The first-order chi connectivity index (χ1) is 18.8. The number of hydrogen-bond acceptors (Lipinski definition) is 6. The van der Waals surface area contributed by atoms with Gasteiger partial charge in [-0.3, -0.25) is 14.5 Å². The fourth-order valence-corrected chi connectivity index (χ4v) is 5.67. The normalized spacial score (nSPS) is 20.6. The lowest BCUT2D eigenvalue weighted by molar-refractivity contribution is -0.132. The molecular formula is C30H47N5O5. The highest BCUT2D eigenvalue weighted by Crippen LogP contribution is 2.31. The van der Waals surface area contributed by atoms with Gasteiger partial charge in [-0.1, -0.05) is 25.5 Å². The number of ether oxygens (including phenoxy) is 1. The number of piperazine rings is 1. The van der Waals surface area contributed by atoms with E-state index in [1.54, 1.807) is 23.9 Å². The molecule has 3 rings (SSSR count). The Morgan fingerprint density at radius 1 is 1.02 bits per heavy atom. The number of carbonyl (C=O) groups is 4. The van der Waals surface area contributed by atoms with E-state index in [2.05, 4.69) is 4.90 Å². The van der Waals surface area contributed by atoms with Crippen LogP contribution in [0.15, 0.2) is 24.3 Å². The second-order valence-corrected chi connectivity index (χ2v) is 12.2. The SMILES string of the molecule is CC[C@@H]1CCCN(C(=O)OC(C)(C)C)[C@@H]1C(=O)C[C@@H](Cc1ccc(N2CCN(C(=O)N(C)C)CC2)cc1)C(N)=O. The zero-order chi connectivity index (χ0) is 29.6. The van der Waals surface area contributed by atoms with E-state index in [4.69, 9.17) is 10.5 Å². The maximum absolute atomic E-state index is 13.6. The summed E-state index contributed by atoms with van der Waals surface area (Å²) in [5.74, 6) is -1.30. The van der Waals surface area contributed by atoms with E-state index < -0.39 is 29.6 Å². The zero-order valence-electron chi connectivity index (χ0n) is 25.0. The van der Waals surface area contributed by atoms with Gasteiger partial charge in [0, 0.05) is 64.8 Å². The number of Topliss-reactive ketones (excluding diaryl/α,β-unsaturated/α-hetero) is 1. The van der Waals surface area contributed by atoms with Gasteiger partial charge in [-0.15, -0.1) is 0 Å². The van der Waals surface area contributed by atoms with Crippen molar-refractivity contribution in [1.82, 2.24) is 14.7 Å². The molecule has 1 aromatic rings. The number of primary amides is 1.